The minimum absolute atomic E-state index is 0.0189. The van der Waals surface area contributed by atoms with Crippen LogP contribution in [0.2, 0.25) is 0 Å². The van der Waals surface area contributed by atoms with Crippen molar-refractivity contribution in [3.05, 3.63) is 47.7 Å². The third-order valence-corrected chi connectivity index (χ3v) is 5.59. The summed E-state index contributed by atoms with van der Waals surface area (Å²) in [5, 5.41) is 8.93. The van der Waals surface area contributed by atoms with Gasteiger partial charge in [0, 0.05) is 0 Å². The summed E-state index contributed by atoms with van der Waals surface area (Å²) in [6.45, 7) is 8.50. The van der Waals surface area contributed by atoms with Crippen molar-refractivity contribution >= 4 is 30.8 Å². The van der Waals surface area contributed by atoms with E-state index in [4.69, 9.17) is 14.6 Å². The Bertz CT molecular complexity index is 803. The molecule has 27 heavy (non-hydrogen) atoms. The van der Waals surface area contributed by atoms with Gasteiger partial charge in [-0.1, -0.05) is 0 Å². The van der Waals surface area contributed by atoms with Crippen molar-refractivity contribution in [1.82, 2.24) is 4.98 Å². The fraction of sp³-hybridized carbons (Fsp3) is 0.350. The SMILES string of the molecule is CC(C)COc1cc(OC(C)C)cc(C(=O)[AsH]c2ccc(C(=O)O)cn2)c1. The van der Waals surface area contributed by atoms with E-state index < -0.39 is 21.7 Å². The zero-order valence-corrected chi connectivity index (χ0v) is 18.0. The van der Waals surface area contributed by atoms with Gasteiger partial charge >= 0.3 is 165 Å². The van der Waals surface area contributed by atoms with Crippen LogP contribution in [0.5, 0.6) is 11.5 Å². The predicted octanol–water partition coefficient (Wildman–Crippen LogP) is 2.50. The molecule has 0 aliphatic heterocycles. The van der Waals surface area contributed by atoms with Gasteiger partial charge in [0.15, 0.2) is 0 Å². The third-order valence-electron chi connectivity index (χ3n) is 3.35. The molecule has 0 aliphatic carbocycles. The molecule has 6 nitrogen and oxygen atoms in total. The molecule has 0 radical (unpaired) electrons. The van der Waals surface area contributed by atoms with Crippen LogP contribution in [0.4, 0.5) is 0 Å². The van der Waals surface area contributed by atoms with Crippen molar-refractivity contribution in [2.24, 2.45) is 5.92 Å². The van der Waals surface area contributed by atoms with Crippen LogP contribution < -0.4 is 14.0 Å². The van der Waals surface area contributed by atoms with Crippen molar-refractivity contribution in [2.75, 3.05) is 6.61 Å². The van der Waals surface area contributed by atoms with Gasteiger partial charge in [-0.15, -0.1) is 0 Å². The fourth-order valence-corrected chi connectivity index (χ4v) is 3.89. The first-order valence-electron chi connectivity index (χ1n) is 8.70. The molecule has 0 saturated carbocycles. The van der Waals surface area contributed by atoms with E-state index in [0.717, 1.165) is 0 Å². The van der Waals surface area contributed by atoms with E-state index in [9.17, 15) is 9.59 Å². The first kappa shape index (κ1) is 21.0. The number of ether oxygens (including phenoxy) is 2. The molecule has 1 unspecified atom stereocenters. The van der Waals surface area contributed by atoms with E-state index in [-0.39, 0.29) is 16.2 Å². The molecule has 0 bridgehead atoms. The normalized spacial score (nSPS) is 11.3. The summed E-state index contributed by atoms with van der Waals surface area (Å²) in [6.07, 6.45) is 1.26. The van der Waals surface area contributed by atoms with Crippen LogP contribution in [0.1, 0.15) is 48.4 Å². The minimum atomic E-state index is -1.23. The summed E-state index contributed by atoms with van der Waals surface area (Å²) in [5.74, 6) is 0.524. The van der Waals surface area contributed by atoms with E-state index >= 15 is 0 Å². The molecule has 2 rings (SSSR count). The Kier molecular flexibility index (Phi) is 7.43. The van der Waals surface area contributed by atoms with Gasteiger partial charge in [-0.2, -0.15) is 0 Å². The topological polar surface area (TPSA) is 85.7 Å². The Balaban J connectivity index is 2.21. The quantitative estimate of drug-likeness (QED) is 0.612. The van der Waals surface area contributed by atoms with Crippen LogP contribution in [0.3, 0.4) is 0 Å². The molecule has 0 spiro atoms. The zero-order valence-electron chi connectivity index (χ0n) is 15.9. The van der Waals surface area contributed by atoms with Gasteiger partial charge in [0.05, 0.1) is 0 Å². The van der Waals surface area contributed by atoms with Crippen LogP contribution in [0.25, 0.3) is 0 Å². The van der Waals surface area contributed by atoms with Crippen LogP contribution in [0.15, 0.2) is 36.5 Å². The van der Waals surface area contributed by atoms with E-state index in [2.05, 4.69) is 18.8 Å². The number of benzene rings is 1. The zero-order chi connectivity index (χ0) is 20.0. The van der Waals surface area contributed by atoms with Gasteiger partial charge in [-0.05, 0) is 0 Å². The molecular formula is C20H24AsNO5. The van der Waals surface area contributed by atoms with Crippen molar-refractivity contribution in [1.29, 1.82) is 0 Å². The molecule has 2 aromatic rings. The van der Waals surface area contributed by atoms with Gasteiger partial charge < -0.3 is 0 Å². The van der Waals surface area contributed by atoms with E-state index in [0.29, 0.717) is 34.1 Å². The molecule has 7 heteroatoms. The van der Waals surface area contributed by atoms with Gasteiger partial charge in [0.25, 0.3) is 0 Å². The van der Waals surface area contributed by atoms with E-state index in [1.165, 1.54) is 12.3 Å². The first-order valence-corrected chi connectivity index (χ1v) is 10.8. The van der Waals surface area contributed by atoms with Crippen LogP contribution in [0, 0.1) is 5.92 Å². The van der Waals surface area contributed by atoms with Gasteiger partial charge in [0.1, 0.15) is 0 Å². The number of pyridine rings is 1. The molecule has 0 saturated heterocycles. The Morgan fingerprint density at radius 2 is 1.78 bits per heavy atom. The summed E-state index contributed by atoms with van der Waals surface area (Å²) in [6, 6.07) is 8.31. The number of carbonyl (C=O) groups excluding carboxylic acids is 1. The summed E-state index contributed by atoms with van der Waals surface area (Å²) in [5.41, 5.74) is 0.630. The van der Waals surface area contributed by atoms with Gasteiger partial charge in [-0.25, -0.2) is 0 Å². The Morgan fingerprint density at radius 3 is 2.33 bits per heavy atom. The van der Waals surface area contributed by atoms with Crippen LogP contribution in [-0.4, -0.2) is 49.1 Å². The van der Waals surface area contributed by atoms with Crippen LogP contribution in [-0.2, 0) is 0 Å². The number of nitrogens with zero attached hydrogens (tertiary/aromatic N) is 1. The van der Waals surface area contributed by atoms with Gasteiger partial charge in [0.2, 0.25) is 0 Å². The van der Waals surface area contributed by atoms with Gasteiger partial charge in [-0.3, -0.25) is 0 Å². The number of aromatic carboxylic acids is 1. The average Bonchev–Trinajstić information content (AvgIpc) is 2.59. The molecule has 1 atom stereocenters. The monoisotopic (exact) mass is 433 g/mol. The molecular weight excluding hydrogens is 409 g/mol. The Morgan fingerprint density at radius 1 is 1.07 bits per heavy atom. The molecule has 0 fully saturated rings. The summed E-state index contributed by atoms with van der Waals surface area (Å²) < 4.78 is 12.1. The maximum atomic E-state index is 12.7. The molecule has 1 aromatic carbocycles. The number of carboxylic acids is 1. The number of carboxylic acid groups (broad SMARTS) is 1. The summed E-state index contributed by atoms with van der Waals surface area (Å²) in [4.78, 5) is 27.8. The molecule has 0 aliphatic rings. The fourth-order valence-electron chi connectivity index (χ4n) is 2.17. The van der Waals surface area contributed by atoms with Crippen molar-refractivity contribution in [2.45, 2.75) is 33.8 Å². The summed E-state index contributed by atoms with van der Waals surface area (Å²) in [7, 11) is 0. The van der Waals surface area contributed by atoms with Crippen molar-refractivity contribution in [3.8, 4) is 11.5 Å². The standard InChI is InChI=1S/C20H24AsNO5/c1-12(2)11-26-16-7-15(8-17(9-16)27-13(3)4)19(23)21-18-6-5-14(10-22-18)20(24)25/h5-10,12-13,21H,11H2,1-4H3,(H,24,25). The average molecular weight is 433 g/mol. The maximum absolute atomic E-state index is 12.7. The second kappa shape index (κ2) is 9.56. The number of hydrogen-bond acceptors (Lipinski definition) is 5. The Hall–Kier alpha value is -2.33. The number of carbonyl (C=O) groups is 2. The summed E-state index contributed by atoms with van der Waals surface area (Å²) >= 11 is -1.23. The van der Waals surface area contributed by atoms with E-state index in [1.807, 2.05) is 13.8 Å². The second-order valence-electron chi connectivity index (χ2n) is 6.76. The molecule has 0 amide bonds. The second-order valence-corrected chi connectivity index (χ2v) is 9.31. The number of hydrogen-bond donors (Lipinski definition) is 1. The number of rotatable bonds is 9. The van der Waals surface area contributed by atoms with Crippen LogP contribution >= 0.6 is 0 Å². The van der Waals surface area contributed by atoms with Crippen molar-refractivity contribution in [3.63, 3.8) is 0 Å². The van der Waals surface area contributed by atoms with E-state index in [1.54, 1.807) is 24.3 Å². The molecule has 1 aromatic heterocycles. The molecule has 1 N–H and O–H groups in total. The predicted molar refractivity (Wildman–Crippen MR) is 105 cm³/mol. The first-order chi connectivity index (χ1) is 12.7. The van der Waals surface area contributed by atoms with Crippen molar-refractivity contribution < 1.29 is 24.2 Å². The number of aromatic nitrogens is 1. The Labute approximate surface area is 165 Å². The molecule has 1 heterocycles. The molecule has 144 valence electrons. The third kappa shape index (κ3) is 6.72.